The van der Waals surface area contributed by atoms with E-state index in [-0.39, 0.29) is 11.6 Å². The molecule has 0 bridgehead atoms. The Kier molecular flexibility index (Phi) is 3.08. The molecular formula is C13H10ClN5O. The second-order valence-electron chi connectivity index (χ2n) is 4.12. The number of carbonyl (C=O) groups excluding carboxylic acids is 1. The molecule has 3 rings (SSSR count). The molecule has 20 heavy (non-hydrogen) atoms. The van der Waals surface area contributed by atoms with E-state index in [4.69, 9.17) is 11.6 Å². The van der Waals surface area contributed by atoms with E-state index >= 15 is 0 Å². The zero-order valence-corrected chi connectivity index (χ0v) is 11.3. The summed E-state index contributed by atoms with van der Waals surface area (Å²) in [7, 11) is 1.55. The zero-order chi connectivity index (χ0) is 14.1. The minimum absolute atomic E-state index is 0.259. The number of rotatable bonds is 2. The van der Waals surface area contributed by atoms with Crippen molar-refractivity contribution in [3.05, 3.63) is 41.6 Å². The minimum Gasteiger partial charge on any atom is -0.354 e. The number of aromatic amines is 1. The molecule has 0 aromatic carbocycles. The summed E-state index contributed by atoms with van der Waals surface area (Å²) in [6.45, 7) is 0. The third kappa shape index (κ3) is 2.10. The number of hydrogen-bond acceptors (Lipinski definition) is 4. The van der Waals surface area contributed by atoms with Crippen LogP contribution >= 0.6 is 11.6 Å². The van der Waals surface area contributed by atoms with Gasteiger partial charge in [-0.1, -0.05) is 11.6 Å². The van der Waals surface area contributed by atoms with Gasteiger partial charge in [0.25, 0.3) is 5.91 Å². The van der Waals surface area contributed by atoms with Crippen molar-refractivity contribution in [3.8, 4) is 11.3 Å². The summed E-state index contributed by atoms with van der Waals surface area (Å²) in [5.41, 5.74) is 2.35. The van der Waals surface area contributed by atoms with Gasteiger partial charge in [-0.05, 0) is 6.07 Å². The van der Waals surface area contributed by atoms with Crippen LogP contribution in [0, 0.1) is 0 Å². The van der Waals surface area contributed by atoms with Gasteiger partial charge >= 0.3 is 0 Å². The van der Waals surface area contributed by atoms with Gasteiger partial charge in [-0.2, -0.15) is 0 Å². The summed E-state index contributed by atoms with van der Waals surface area (Å²) in [6.07, 6.45) is 6.35. The normalized spacial score (nSPS) is 10.7. The number of hydrogen-bond donors (Lipinski definition) is 2. The van der Waals surface area contributed by atoms with E-state index in [1.807, 2.05) is 0 Å². The van der Waals surface area contributed by atoms with Gasteiger partial charge < -0.3 is 10.3 Å². The highest BCUT2D eigenvalue weighted by molar-refractivity contribution is 6.31. The Morgan fingerprint density at radius 1 is 1.35 bits per heavy atom. The van der Waals surface area contributed by atoms with E-state index < -0.39 is 0 Å². The summed E-state index contributed by atoms with van der Waals surface area (Å²) in [6, 6.07) is 1.80. The van der Waals surface area contributed by atoms with Crippen molar-refractivity contribution < 1.29 is 4.79 Å². The Morgan fingerprint density at radius 3 is 3.00 bits per heavy atom. The first-order chi connectivity index (χ1) is 9.69. The fourth-order valence-electron chi connectivity index (χ4n) is 1.92. The second kappa shape index (κ2) is 4.90. The third-order valence-electron chi connectivity index (χ3n) is 2.87. The monoisotopic (exact) mass is 287 g/mol. The summed E-state index contributed by atoms with van der Waals surface area (Å²) in [5.74, 6) is -0.282. The maximum atomic E-state index is 11.6. The van der Waals surface area contributed by atoms with Crippen molar-refractivity contribution in [1.82, 2.24) is 25.3 Å². The van der Waals surface area contributed by atoms with Crippen LogP contribution in [0.5, 0.6) is 0 Å². The largest absolute Gasteiger partial charge is 0.354 e. The van der Waals surface area contributed by atoms with Crippen molar-refractivity contribution in [3.63, 3.8) is 0 Å². The molecule has 0 unspecified atom stereocenters. The molecule has 1 amide bonds. The van der Waals surface area contributed by atoms with E-state index in [9.17, 15) is 4.79 Å². The fraction of sp³-hybridized carbons (Fsp3) is 0.0769. The lowest BCUT2D eigenvalue weighted by Crippen LogP contribution is -2.19. The second-order valence-corrected chi connectivity index (χ2v) is 4.56. The van der Waals surface area contributed by atoms with Crippen molar-refractivity contribution in [1.29, 1.82) is 0 Å². The first kappa shape index (κ1) is 12.6. The molecule has 0 radical (unpaired) electrons. The number of fused-ring (bicyclic) bond motifs is 1. The van der Waals surface area contributed by atoms with Gasteiger partial charge in [0.1, 0.15) is 11.3 Å². The van der Waals surface area contributed by atoms with Crippen LogP contribution in [0.1, 0.15) is 10.5 Å². The quantitative estimate of drug-likeness (QED) is 0.755. The van der Waals surface area contributed by atoms with Gasteiger partial charge in [-0.25, -0.2) is 9.97 Å². The van der Waals surface area contributed by atoms with Crippen LogP contribution in [-0.4, -0.2) is 32.9 Å². The molecule has 7 heteroatoms. The maximum Gasteiger partial charge on any atom is 0.271 e. The Balaban J connectivity index is 2.16. The minimum atomic E-state index is -0.282. The fourth-order valence-corrected chi connectivity index (χ4v) is 2.08. The molecule has 0 aliphatic heterocycles. The van der Waals surface area contributed by atoms with Gasteiger partial charge in [0.05, 0.1) is 23.1 Å². The van der Waals surface area contributed by atoms with Crippen molar-refractivity contribution in [2.45, 2.75) is 0 Å². The summed E-state index contributed by atoms with van der Waals surface area (Å²) < 4.78 is 0. The number of nitrogens with one attached hydrogen (secondary N) is 2. The Bertz CT molecular complexity index is 798. The highest BCUT2D eigenvalue weighted by atomic mass is 35.5. The van der Waals surface area contributed by atoms with E-state index in [2.05, 4.69) is 25.3 Å². The van der Waals surface area contributed by atoms with Crippen molar-refractivity contribution >= 4 is 28.5 Å². The van der Waals surface area contributed by atoms with Crippen LogP contribution in [0.25, 0.3) is 22.3 Å². The molecular weight excluding hydrogens is 278 g/mol. The van der Waals surface area contributed by atoms with Crippen LogP contribution in [0.15, 0.2) is 30.9 Å². The van der Waals surface area contributed by atoms with Crippen molar-refractivity contribution in [2.75, 3.05) is 7.05 Å². The maximum absolute atomic E-state index is 11.6. The first-order valence-electron chi connectivity index (χ1n) is 5.86. The molecule has 0 fully saturated rings. The Morgan fingerprint density at radius 2 is 2.20 bits per heavy atom. The number of nitrogens with zero attached hydrogens (tertiary/aromatic N) is 3. The predicted octanol–water partition coefficient (Wildman–Crippen LogP) is 2.03. The average Bonchev–Trinajstić information content (AvgIpc) is 2.89. The van der Waals surface area contributed by atoms with E-state index in [0.29, 0.717) is 16.4 Å². The number of H-pyrrole nitrogens is 1. The van der Waals surface area contributed by atoms with Crippen LogP contribution < -0.4 is 5.32 Å². The van der Waals surface area contributed by atoms with Gasteiger partial charge in [0.2, 0.25) is 0 Å². The number of amides is 1. The molecule has 0 spiro atoms. The lowest BCUT2D eigenvalue weighted by Gasteiger charge is -2.02. The molecule has 3 aromatic heterocycles. The van der Waals surface area contributed by atoms with E-state index in [1.165, 1.54) is 6.20 Å². The molecule has 0 atom stereocenters. The number of aromatic nitrogens is 4. The average molecular weight is 288 g/mol. The molecule has 2 N–H and O–H groups in total. The van der Waals surface area contributed by atoms with Gasteiger partial charge in [-0.15, -0.1) is 0 Å². The predicted molar refractivity (Wildman–Crippen MR) is 75.5 cm³/mol. The third-order valence-corrected chi connectivity index (χ3v) is 3.07. The van der Waals surface area contributed by atoms with Crippen LogP contribution in [-0.2, 0) is 0 Å². The Hall–Kier alpha value is -2.47. The summed E-state index contributed by atoms with van der Waals surface area (Å²) in [5, 5.41) is 3.89. The smallest absolute Gasteiger partial charge is 0.271 e. The standard InChI is InChI=1S/C13H10ClN5O/c1-15-13(20)11-6-16-5-10(19-11)9-4-18-12-8(9)2-7(14)3-17-12/h2-6H,1H3,(H,15,20)(H,17,18). The number of halogens is 1. The van der Waals surface area contributed by atoms with E-state index in [0.717, 1.165) is 10.9 Å². The molecule has 3 heterocycles. The molecule has 0 saturated carbocycles. The zero-order valence-electron chi connectivity index (χ0n) is 10.5. The Labute approximate surface area is 119 Å². The van der Waals surface area contributed by atoms with Gasteiger partial charge in [-0.3, -0.25) is 9.78 Å². The lowest BCUT2D eigenvalue weighted by molar-refractivity contribution is 0.0958. The molecule has 6 nitrogen and oxygen atoms in total. The topological polar surface area (TPSA) is 83.6 Å². The van der Waals surface area contributed by atoms with Crippen molar-refractivity contribution in [2.24, 2.45) is 0 Å². The van der Waals surface area contributed by atoms with Gasteiger partial charge in [0, 0.05) is 30.4 Å². The number of carbonyl (C=O) groups is 1. The van der Waals surface area contributed by atoms with Crippen LogP contribution in [0.4, 0.5) is 0 Å². The molecule has 0 aliphatic rings. The molecule has 0 saturated heterocycles. The first-order valence-corrected chi connectivity index (χ1v) is 6.24. The SMILES string of the molecule is CNC(=O)c1cncc(-c2c[nH]c3ncc(Cl)cc23)n1. The highest BCUT2D eigenvalue weighted by Gasteiger charge is 2.12. The van der Waals surface area contributed by atoms with Crippen LogP contribution in [0.2, 0.25) is 5.02 Å². The molecule has 3 aromatic rings. The summed E-state index contributed by atoms with van der Waals surface area (Å²) in [4.78, 5) is 27.2. The lowest BCUT2D eigenvalue weighted by atomic mass is 10.1. The van der Waals surface area contributed by atoms with E-state index in [1.54, 1.807) is 31.7 Å². The van der Waals surface area contributed by atoms with Gasteiger partial charge in [0.15, 0.2) is 0 Å². The number of pyridine rings is 1. The summed E-state index contributed by atoms with van der Waals surface area (Å²) >= 11 is 5.96. The highest BCUT2D eigenvalue weighted by Crippen LogP contribution is 2.27. The molecule has 100 valence electrons. The molecule has 0 aliphatic carbocycles. The van der Waals surface area contributed by atoms with Crippen LogP contribution in [0.3, 0.4) is 0 Å².